The number of rotatable bonds is 4. The highest BCUT2D eigenvalue weighted by atomic mass is 16.5. The Hall–Kier alpha value is -1.02. The van der Waals surface area contributed by atoms with Gasteiger partial charge in [-0.3, -0.25) is 0 Å². The molecule has 2 unspecified atom stereocenters. The van der Waals surface area contributed by atoms with E-state index in [1.165, 1.54) is 57.3 Å². The van der Waals surface area contributed by atoms with Gasteiger partial charge in [0.05, 0.1) is 6.61 Å². The Morgan fingerprint density at radius 1 is 1.24 bits per heavy atom. The summed E-state index contributed by atoms with van der Waals surface area (Å²) in [5.74, 6) is 1.88. The highest BCUT2D eigenvalue weighted by Crippen LogP contribution is 2.50. The summed E-state index contributed by atoms with van der Waals surface area (Å²) in [6.45, 7) is 8.89. The quantitative estimate of drug-likeness (QED) is 0.821. The van der Waals surface area contributed by atoms with Gasteiger partial charge in [-0.2, -0.15) is 0 Å². The molecule has 0 N–H and O–H groups in total. The van der Waals surface area contributed by atoms with Gasteiger partial charge >= 0.3 is 0 Å². The van der Waals surface area contributed by atoms with E-state index in [-0.39, 0.29) is 0 Å². The molecule has 2 atom stereocenters. The summed E-state index contributed by atoms with van der Waals surface area (Å²) in [5, 5.41) is 0. The van der Waals surface area contributed by atoms with Gasteiger partial charge in [-0.25, -0.2) is 0 Å². The standard InChI is InChI=1S/C19H29NO/c1-3-20-13-7-12-19(11-6-9-17(19)15-20)16-8-5-10-18(14-16)21-4-2/h5,8,10,14,17H,3-4,6-7,9,11-13,15H2,1-2H3. The maximum Gasteiger partial charge on any atom is 0.119 e. The Balaban J connectivity index is 1.91. The summed E-state index contributed by atoms with van der Waals surface area (Å²) in [4.78, 5) is 2.66. The molecule has 2 nitrogen and oxygen atoms in total. The van der Waals surface area contributed by atoms with Crippen LogP contribution in [0.15, 0.2) is 24.3 Å². The molecule has 2 heteroatoms. The summed E-state index contributed by atoms with van der Waals surface area (Å²) < 4.78 is 5.75. The van der Waals surface area contributed by atoms with E-state index in [1.54, 1.807) is 0 Å². The third-order valence-electron chi connectivity index (χ3n) is 5.70. The maximum absolute atomic E-state index is 5.75. The first-order chi connectivity index (χ1) is 10.3. The molecule has 21 heavy (non-hydrogen) atoms. The van der Waals surface area contributed by atoms with E-state index in [9.17, 15) is 0 Å². The minimum Gasteiger partial charge on any atom is -0.494 e. The van der Waals surface area contributed by atoms with E-state index in [2.05, 4.69) is 43.0 Å². The first-order valence-electron chi connectivity index (χ1n) is 8.74. The van der Waals surface area contributed by atoms with Crippen LogP contribution in [0.4, 0.5) is 0 Å². The summed E-state index contributed by atoms with van der Waals surface area (Å²) in [5.41, 5.74) is 1.95. The molecule has 3 rings (SSSR count). The molecule has 1 aliphatic heterocycles. The number of benzene rings is 1. The van der Waals surface area contributed by atoms with Crippen LogP contribution >= 0.6 is 0 Å². The topological polar surface area (TPSA) is 12.5 Å². The fourth-order valence-electron chi connectivity index (χ4n) is 4.63. The molecular weight excluding hydrogens is 258 g/mol. The van der Waals surface area contributed by atoms with Gasteiger partial charge in [-0.1, -0.05) is 25.5 Å². The third-order valence-corrected chi connectivity index (χ3v) is 5.70. The highest BCUT2D eigenvalue weighted by molar-refractivity contribution is 5.36. The Labute approximate surface area is 129 Å². The minimum absolute atomic E-state index is 0.414. The van der Waals surface area contributed by atoms with Gasteiger partial charge in [-0.15, -0.1) is 0 Å². The van der Waals surface area contributed by atoms with Crippen LogP contribution in [-0.4, -0.2) is 31.1 Å². The van der Waals surface area contributed by atoms with Crippen molar-refractivity contribution in [3.63, 3.8) is 0 Å². The predicted octanol–water partition coefficient (Wildman–Crippen LogP) is 4.24. The van der Waals surface area contributed by atoms with Gasteiger partial charge in [-0.05, 0) is 74.7 Å². The molecule has 1 aliphatic carbocycles. The zero-order valence-corrected chi connectivity index (χ0v) is 13.6. The van der Waals surface area contributed by atoms with Crippen molar-refractivity contribution in [2.75, 3.05) is 26.2 Å². The lowest BCUT2D eigenvalue weighted by atomic mass is 9.69. The minimum atomic E-state index is 0.414. The zero-order valence-electron chi connectivity index (χ0n) is 13.6. The van der Waals surface area contributed by atoms with E-state index in [0.29, 0.717) is 5.41 Å². The number of ether oxygens (including phenoxy) is 1. The van der Waals surface area contributed by atoms with Gasteiger partial charge in [0.15, 0.2) is 0 Å². The van der Waals surface area contributed by atoms with Crippen molar-refractivity contribution in [3.8, 4) is 5.75 Å². The Bertz CT molecular complexity index is 472. The zero-order chi connectivity index (χ0) is 14.7. The molecule has 0 aromatic heterocycles. The molecule has 2 fully saturated rings. The van der Waals surface area contributed by atoms with Crippen LogP contribution in [0, 0.1) is 5.92 Å². The molecule has 0 radical (unpaired) electrons. The molecule has 1 heterocycles. The van der Waals surface area contributed by atoms with Gasteiger partial charge in [0.1, 0.15) is 5.75 Å². The van der Waals surface area contributed by atoms with Crippen LogP contribution in [0.5, 0.6) is 5.75 Å². The molecule has 1 aromatic carbocycles. The fourth-order valence-corrected chi connectivity index (χ4v) is 4.63. The van der Waals surface area contributed by atoms with E-state index < -0.39 is 0 Å². The molecule has 1 aromatic rings. The van der Waals surface area contributed by atoms with Crippen molar-refractivity contribution in [3.05, 3.63) is 29.8 Å². The monoisotopic (exact) mass is 287 g/mol. The first kappa shape index (κ1) is 14.9. The number of hydrogen-bond acceptors (Lipinski definition) is 2. The van der Waals surface area contributed by atoms with Crippen LogP contribution in [0.3, 0.4) is 0 Å². The second-order valence-corrected chi connectivity index (χ2v) is 6.70. The van der Waals surface area contributed by atoms with E-state index in [1.807, 2.05) is 0 Å². The second-order valence-electron chi connectivity index (χ2n) is 6.70. The van der Waals surface area contributed by atoms with Gasteiger partial charge in [0, 0.05) is 6.54 Å². The smallest absolute Gasteiger partial charge is 0.119 e. The largest absolute Gasteiger partial charge is 0.494 e. The van der Waals surface area contributed by atoms with Gasteiger partial charge in [0.25, 0.3) is 0 Å². The lowest BCUT2D eigenvalue weighted by molar-refractivity contribution is 0.229. The second kappa shape index (κ2) is 6.39. The van der Waals surface area contributed by atoms with E-state index in [0.717, 1.165) is 18.3 Å². The number of hydrogen-bond donors (Lipinski definition) is 0. The SMILES string of the molecule is CCOc1cccc(C23CCCC2CN(CC)CCC3)c1. The maximum atomic E-state index is 5.75. The molecule has 0 amide bonds. The van der Waals surface area contributed by atoms with Crippen molar-refractivity contribution in [2.24, 2.45) is 5.92 Å². The Morgan fingerprint density at radius 2 is 2.10 bits per heavy atom. The molecule has 1 saturated heterocycles. The molecule has 2 aliphatic rings. The van der Waals surface area contributed by atoms with E-state index in [4.69, 9.17) is 4.74 Å². The number of likely N-dealkylation sites (tertiary alicyclic amines) is 1. The summed E-state index contributed by atoms with van der Waals surface area (Å²) in [7, 11) is 0. The van der Waals surface area contributed by atoms with Crippen LogP contribution in [-0.2, 0) is 5.41 Å². The molecular formula is C19H29NO. The average Bonchev–Trinajstić information content (AvgIpc) is 2.82. The van der Waals surface area contributed by atoms with Crippen molar-refractivity contribution < 1.29 is 4.74 Å². The molecule has 0 bridgehead atoms. The Kier molecular flexibility index (Phi) is 4.54. The number of nitrogens with zero attached hydrogens (tertiary/aromatic N) is 1. The molecule has 0 spiro atoms. The number of fused-ring (bicyclic) bond motifs is 1. The summed E-state index contributed by atoms with van der Waals surface area (Å²) in [6.07, 6.45) is 6.84. The van der Waals surface area contributed by atoms with Crippen LogP contribution < -0.4 is 4.74 Å². The van der Waals surface area contributed by atoms with Crippen LogP contribution in [0.2, 0.25) is 0 Å². The lowest BCUT2D eigenvalue weighted by Crippen LogP contribution is -2.35. The van der Waals surface area contributed by atoms with E-state index >= 15 is 0 Å². The van der Waals surface area contributed by atoms with Crippen molar-refractivity contribution >= 4 is 0 Å². The third kappa shape index (κ3) is 2.83. The Morgan fingerprint density at radius 3 is 2.90 bits per heavy atom. The average molecular weight is 287 g/mol. The van der Waals surface area contributed by atoms with Crippen molar-refractivity contribution in [1.29, 1.82) is 0 Å². The summed E-state index contributed by atoms with van der Waals surface area (Å²) in [6, 6.07) is 8.96. The van der Waals surface area contributed by atoms with Crippen molar-refractivity contribution in [2.45, 2.75) is 51.4 Å². The molecule has 1 saturated carbocycles. The molecule has 116 valence electrons. The van der Waals surface area contributed by atoms with Gasteiger partial charge < -0.3 is 9.64 Å². The summed E-state index contributed by atoms with van der Waals surface area (Å²) >= 11 is 0. The van der Waals surface area contributed by atoms with Crippen LogP contribution in [0.25, 0.3) is 0 Å². The van der Waals surface area contributed by atoms with Crippen molar-refractivity contribution in [1.82, 2.24) is 4.90 Å². The predicted molar refractivity (Wildman–Crippen MR) is 88.0 cm³/mol. The van der Waals surface area contributed by atoms with Gasteiger partial charge in [0.2, 0.25) is 0 Å². The normalized spacial score (nSPS) is 29.9. The lowest BCUT2D eigenvalue weighted by Gasteiger charge is -2.36. The fraction of sp³-hybridized carbons (Fsp3) is 0.684. The highest BCUT2D eigenvalue weighted by Gasteiger charge is 2.45. The first-order valence-corrected chi connectivity index (χ1v) is 8.74. The van der Waals surface area contributed by atoms with Crippen LogP contribution in [0.1, 0.15) is 51.5 Å².